The molecule has 0 atom stereocenters. The standard InChI is InChI=1S/C33H37N3O3/c1-8-35(9-2)29(37)20-36-26-17-13-11-15-24(26)33(5,6)28(36)19-22-30(38)21(31(22)39)18-27-32(3,4)23-14-10-12-16-25(23)34(27)7/h10-19H,8-9,20H2,1-7H3. The summed E-state index contributed by atoms with van der Waals surface area (Å²) in [5.41, 5.74) is 5.56. The van der Waals surface area contributed by atoms with Crippen molar-refractivity contribution in [1.29, 1.82) is 0 Å². The summed E-state index contributed by atoms with van der Waals surface area (Å²) in [6.07, 6.45) is 3.49. The first-order chi connectivity index (χ1) is 18.4. The zero-order chi connectivity index (χ0) is 28.3. The Morgan fingerprint density at radius 3 is 2.18 bits per heavy atom. The molecular formula is C33H37N3O3. The molecule has 1 aliphatic carbocycles. The van der Waals surface area contributed by atoms with Gasteiger partial charge in [-0.2, -0.15) is 4.58 Å². The number of carbonyl (C=O) groups excluding carboxylic acids is 2. The van der Waals surface area contributed by atoms with Crippen molar-refractivity contribution in [2.45, 2.75) is 52.4 Å². The third-order valence-electron chi connectivity index (χ3n) is 8.69. The van der Waals surface area contributed by atoms with Gasteiger partial charge in [-0.3, -0.25) is 9.59 Å². The first-order valence-electron chi connectivity index (χ1n) is 13.7. The van der Waals surface area contributed by atoms with Gasteiger partial charge in [-0.25, -0.2) is 0 Å². The molecule has 202 valence electrons. The van der Waals surface area contributed by atoms with Crippen LogP contribution in [-0.4, -0.2) is 53.6 Å². The first-order valence-corrected chi connectivity index (χ1v) is 13.7. The first kappa shape index (κ1) is 26.7. The minimum atomic E-state index is -0.475. The van der Waals surface area contributed by atoms with Crippen LogP contribution < -0.4 is 10.0 Å². The van der Waals surface area contributed by atoms with Crippen LogP contribution in [0.1, 0.15) is 52.7 Å². The number of hydrogen-bond acceptors (Lipinski definition) is 4. The fourth-order valence-electron chi connectivity index (χ4n) is 6.31. The molecule has 0 unspecified atom stereocenters. The Morgan fingerprint density at radius 2 is 1.56 bits per heavy atom. The number of para-hydroxylation sites is 2. The van der Waals surface area contributed by atoms with Gasteiger partial charge in [0.25, 0.3) is 0 Å². The number of allylic oxidation sites excluding steroid dienone is 5. The molecule has 2 heterocycles. The van der Waals surface area contributed by atoms with E-state index < -0.39 is 5.41 Å². The third-order valence-corrected chi connectivity index (χ3v) is 8.69. The number of ketones is 1. The average Bonchev–Trinajstić information content (AvgIpc) is 3.24. The molecule has 2 aromatic carbocycles. The second-order valence-corrected chi connectivity index (χ2v) is 11.5. The van der Waals surface area contributed by atoms with Gasteiger partial charge in [0.15, 0.2) is 11.5 Å². The smallest absolute Gasteiger partial charge is 0.242 e. The van der Waals surface area contributed by atoms with Crippen LogP contribution >= 0.6 is 0 Å². The number of Topliss-reactive ketones (excluding diaryl/α,β-unsaturated/α-hetero) is 1. The lowest BCUT2D eigenvalue weighted by Gasteiger charge is -2.33. The molecule has 0 spiro atoms. The van der Waals surface area contributed by atoms with E-state index in [0.717, 1.165) is 28.3 Å². The normalized spacial score (nSPS) is 21.0. The van der Waals surface area contributed by atoms with Crippen molar-refractivity contribution in [1.82, 2.24) is 4.90 Å². The monoisotopic (exact) mass is 523 g/mol. The number of likely N-dealkylation sites (N-methyl/N-ethyl adjacent to an activating group) is 1. The van der Waals surface area contributed by atoms with Crippen LogP contribution in [0.5, 0.6) is 0 Å². The lowest BCUT2D eigenvalue weighted by Crippen LogP contribution is -2.40. The van der Waals surface area contributed by atoms with Gasteiger partial charge in [0.1, 0.15) is 13.6 Å². The summed E-state index contributed by atoms with van der Waals surface area (Å²) in [5.74, 6) is -0.485. The number of amides is 1. The van der Waals surface area contributed by atoms with Crippen LogP contribution in [0.4, 0.5) is 11.4 Å². The fraction of sp³-hybridized carbons (Fsp3) is 0.364. The molecule has 6 nitrogen and oxygen atoms in total. The lowest BCUT2D eigenvalue weighted by molar-refractivity contribution is -0.401. The van der Waals surface area contributed by atoms with E-state index in [4.69, 9.17) is 0 Å². The van der Waals surface area contributed by atoms with E-state index in [2.05, 4.69) is 50.5 Å². The zero-order valence-electron chi connectivity index (χ0n) is 24.0. The molecule has 0 radical (unpaired) electrons. The van der Waals surface area contributed by atoms with Crippen molar-refractivity contribution in [2.75, 3.05) is 31.6 Å². The largest absolute Gasteiger partial charge is 0.871 e. The van der Waals surface area contributed by atoms with Gasteiger partial charge < -0.3 is 14.9 Å². The van der Waals surface area contributed by atoms with Crippen molar-refractivity contribution in [3.8, 4) is 0 Å². The Morgan fingerprint density at radius 1 is 0.949 bits per heavy atom. The number of carbonyl (C=O) groups is 2. The van der Waals surface area contributed by atoms with Gasteiger partial charge in [0.2, 0.25) is 11.6 Å². The maximum absolute atomic E-state index is 13.5. The highest BCUT2D eigenvalue weighted by Crippen LogP contribution is 2.49. The highest BCUT2D eigenvalue weighted by molar-refractivity contribution is 6.24. The molecule has 0 bridgehead atoms. The predicted octanol–water partition coefficient (Wildman–Crippen LogP) is 4.37. The van der Waals surface area contributed by atoms with Crippen LogP contribution in [0, 0.1) is 0 Å². The molecule has 0 fully saturated rings. The summed E-state index contributed by atoms with van der Waals surface area (Å²) in [6, 6.07) is 16.2. The number of fused-ring (bicyclic) bond motifs is 2. The SMILES string of the molecule is CCN(CC)C(=O)CN1/C(=C/C2=C([O-])C(=C/C3=[N+](C)c4ccccc4C3(C)C)/C2=O)C(C)(C)c2ccccc21. The summed E-state index contributed by atoms with van der Waals surface area (Å²) in [7, 11) is 1.98. The van der Waals surface area contributed by atoms with Crippen LogP contribution in [0.25, 0.3) is 0 Å². The van der Waals surface area contributed by atoms with E-state index in [1.807, 2.05) is 56.1 Å². The van der Waals surface area contributed by atoms with Crippen LogP contribution in [-0.2, 0) is 20.4 Å². The maximum atomic E-state index is 13.5. The van der Waals surface area contributed by atoms with Gasteiger partial charge in [-0.15, -0.1) is 0 Å². The molecule has 0 saturated carbocycles. The Kier molecular flexibility index (Phi) is 6.41. The molecule has 3 aliphatic rings. The summed E-state index contributed by atoms with van der Waals surface area (Å²) < 4.78 is 2.07. The Hall–Kier alpha value is -3.93. The van der Waals surface area contributed by atoms with E-state index in [9.17, 15) is 14.7 Å². The summed E-state index contributed by atoms with van der Waals surface area (Å²) >= 11 is 0. The molecule has 0 saturated heterocycles. The summed E-state index contributed by atoms with van der Waals surface area (Å²) in [6.45, 7) is 13.7. The number of anilines is 1. The summed E-state index contributed by atoms with van der Waals surface area (Å²) in [5, 5.41) is 13.5. The van der Waals surface area contributed by atoms with Gasteiger partial charge in [-0.1, -0.05) is 56.0 Å². The van der Waals surface area contributed by atoms with E-state index in [1.54, 1.807) is 17.1 Å². The third kappa shape index (κ3) is 3.96. The van der Waals surface area contributed by atoms with Gasteiger partial charge in [0.05, 0.1) is 5.41 Å². The second kappa shape index (κ2) is 9.37. The second-order valence-electron chi connectivity index (χ2n) is 11.5. The predicted molar refractivity (Wildman–Crippen MR) is 153 cm³/mol. The molecule has 2 aliphatic heterocycles. The fourth-order valence-corrected chi connectivity index (χ4v) is 6.31. The highest BCUT2D eigenvalue weighted by Gasteiger charge is 2.45. The number of nitrogens with zero attached hydrogens (tertiary/aromatic N) is 3. The van der Waals surface area contributed by atoms with Crippen molar-refractivity contribution >= 4 is 28.8 Å². The van der Waals surface area contributed by atoms with Crippen LogP contribution in [0.2, 0.25) is 0 Å². The molecule has 39 heavy (non-hydrogen) atoms. The van der Waals surface area contributed by atoms with Gasteiger partial charge in [0, 0.05) is 58.7 Å². The molecule has 0 N–H and O–H groups in total. The van der Waals surface area contributed by atoms with Gasteiger partial charge in [-0.05, 0) is 45.4 Å². The van der Waals surface area contributed by atoms with Crippen LogP contribution in [0.3, 0.4) is 0 Å². The molecule has 6 heteroatoms. The van der Waals surface area contributed by atoms with E-state index in [-0.39, 0.29) is 40.6 Å². The van der Waals surface area contributed by atoms with Crippen molar-refractivity contribution in [3.63, 3.8) is 0 Å². The van der Waals surface area contributed by atoms with Crippen molar-refractivity contribution in [2.24, 2.45) is 0 Å². The zero-order valence-corrected chi connectivity index (χ0v) is 24.0. The van der Waals surface area contributed by atoms with E-state index >= 15 is 0 Å². The van der Waals surface area contributed by atoms with Crippen molar-refractivity contribution < 1.29 is 19.3 Å². The Labute approximate surface area is 231 Å². The number of rotatable bonds is 6. The molecule has 5 rings (SSSR count). The van der Waals surface area contributed by atoms with E-state index in [1.165, 1.54) is 5.56 Å². The van der Waals surface area contributed by atoms with Gasteiger partial charge >= 0.3 is 0 Å². The topological polar surface area (TPSA) is 66.7 Å². The molecule has 0 aromatic heterocycles. The maximum Gasteiger partial charge on any atom is 0.242 e. The lowest BCUT2D eigenvalue weighted by atomic mass is 9.77. The number of benzene rings is 2. The molecule has 2 aromatic rings. The summed E-state index contributed by atoms with van der Waals surface area (Å²) in [4.78, 5) is 30.4. The average molecular weight is 524 g/mol. The number of hydrogen-bond donors (Lipinski definition) is 0. The quantitative estimate of drug-likeness (QED) is 0.417. The Bertz CT molecular complexity index is 1520. The highest BCUT2D eigenvalue weighted by atomic mass is 16.3. The Balaban J connectivity index is 1.55. The van der Waals surface area contributed by atoms with Crippen LogP contribution in [0.15, 0.2) is 83.3 Å². The molecule has 1 amide bonds. The van der Waals surface area contributed by atoms with Crippen molar-refractivity contribution in [3.05, 3.63) is 94.4 Å². The van der Waals surface area contributed by atoms with E-state index in [0.29, 0.717) is 13.1 Å². The minimum absolute atomic E-state index is 0.0118. The minimum Gasteiger partial charge on any atom is -0.871 e. The molecular weight excluding hydrogens is 486 g/mol.